The Morgan fingerprint density at radius 3 is 1.84 bits per heavy atom. The topological polar surface area (TPSA) is 9.23 Å². The van der Waals surface area contributed by atoms with E-state index in [9.17, 15) is 0 Å². The van der Waals surface area contributed by atoms with Gasteiger partial charge >= 0.3 is 0 Å². The van der Waals surface area contributed by atoms with Crippen LogP contribution in [0.25, 0.3) is 0 Å². The number of benzene rings is 2. The molecular weight excluding hydrogens is 435 g/mol. The lowest BCUT2D eigenvalue weighted by molar-refractivity contribution is 0.339. The highest BCUT2D eigenvalue weighted by Gasteiger charge is 2.49. The van der Waals surface area contributed by atoms with Gasteiger partial charge in [-0.1, -0.05) is 122 Å². The van der Waals surface area contributed by atoms with Crippen LogP contribution in [0.3, 0.4) is 0 Å². The van der Waals surface area contributed by atoms with E-state index in [2.05, 4.69) is 123 Å². The summed E-state index contributed by atoms with van der Waals surface area (Å²) < 4.78 is 8.84. The molecule has 3 heteroatoms. The zero-order chi connectivity index (χ0) is 18.3. The van der Waals surface area contributed by atoms with Gasteiger partial charge in [0.15, 0.2) is 0 Å². The Bertz CT molecular complexity index is 675. The van der Waals surface area contributed by atoms with Gasteiger partial charge in [0.25, 0.3) is 8.32 Å². The molecule has 0 saturated carbocycles. The lowest BCUT2D eigenvalue weighted by Gasteiger charge is -2.42. The molecule has 0 fully saturated rings. The van der Waals surface area contributed by atoms with Crippen LogP contribution in [0, 0.1) is 0 Å². The monoisotopic (exact) mass is 462 g/mol. The molecule has 2 aromatic rings. The normalized spacial score (nSPS) is 13.4. The van der Waals surface area contributed by atoms with Crippen LogP contribution in [0.5, 0.6) is 0 Å². The van der Waals surface area contributed by atoms with Gasteiger partial charge in [0.2, 0.25) is 0 Å². The fraction of sp³-hybridized carbons (Fsp3) is 0.273. The molecule has 0 unspecified atom stereocenters. The van der Waals surface area contributed by atoms with Crippen molar-refractivity contribution in [2.24, 2.45) is 0 Å². The van der Waals surface area contributed by atoms with Gasteiger partial charge < -0.3 is 4.43 Å². The summed E-state index contributed by atoms with van der Waals surface area (Å²) in [5.74, 6) is 0. The molecule has 2 rings (SSSR count). The molecule has 25 heavy (non-hydrogen) atoms. The first-order valence-electron chi connectivity index (χ1n) is 8.60. The summed E-state index contributed by atoms with van der Waals surface area (Å²) in [6, 6.07) is 21.5. The lowest BCUT2D eigenvalue weighted by Crippen LogP contribution is -2.66. The van der Waals surface area contributed by atoms with E-state index in [0.717, 1.165) is 0 Å². The Hall–Kier alpha value is -1.17. The summed E-state index contributed by atoms with van der Waals surface area (Å²) in [5.41, 5.74) is 1.23. The van der Waals surface area contributed by atoms with Crippen LogP contribution in [0.15, 0.2) is 82.5 Å². The van der Waals surface area contributed by atoms with Crippen LogP contribution in [0.2, 0.25) is 5.04 Å². The SMILES string of the molecule is CC(/C=C/I)=C\CO[Si](c1ccccc1)(c1ccccc1)C(C)(C)C. The Balaban J connectivity index is 2.55. The van der Waals surface area contributed by atoms with E-state index in [4.69, 9.17) is 4.43 Å². The molecule has 0 saturated heterocycles. The Morgan fingerprint density at radius 2 is 1.44 bits per heavy atom. The highest BCUT2D eigenvalue weighted by molar-refractivity contribution is 14.1. The van der Waals surface area contributed by atoms with Crippen LogP contribution >= 0.6 is 22.6 Å². The molecule has 0 N–H and O–H groups in total. The van der Waals surface area contributed by atoms with Crippen molar-refractivity contribution in [3.8, 4) is 0 Å². The van der Waals surface area contributed by atoms with E-state index in [0.29, 0.717) is 6.61 Å². The maximum absolute atomic E-state index is 6.81. The number of allylic oxidation sites excluding steroid dienone is 2. The van der Waals surface area contributed by atoms with Crippen LogP contribution in [0.1, 0.15) is 27.7 Å². The minimum Gasteiger partial charge on any atom is -0.404 e. The molecule has 0 aliphatic carbocycles. The molecule has 132 valence electrons. The fourth-order valence-corrected chi connectivity index (χ4v) is 8.28. The number of halogens is 1. The molecule has 0 aliphatic heterocycles. The van der Waals surface area contributed by atoms with Crippen LogP contribution in [0.4, 0.5) is 0 Å². The average Bonchev–Trinajstić information content (AvgIpc) is 2.59. The molecule has 0 radical (unpaired) electrons. The van der Waals surface area contributed by atoms with E-state index >= 15 is 0 Å². The second-order valence-electron chi connectivity index (χ2n) is 7.22. The molecule has 0 amide bonds. The van der Waals surface area contributed by atoms with Crippen molar-refractivity contribution in [1.82, 2.24) is 0 Å². The van der Waals surface area contributed by atoms with Gasteiger partial charge in [0, 0.05) is 0 Å². The van der Waals surface area contributed by atoms with Gasteiger partial charge in [-0.15, -0.1) is 0 Å². The summed E-state index contributed by atoms with van der Waals surface area (Å²) in [5, 5.41) is 2.67. The number of hydrogen-bond donors (Lipinski definition) is 0. The van der Waals surface area contributed by atoms with Crippen LogP contribution in [-0.2, 0) is 4.43 Å². The van der Waals surface area contributed by atoms with Gasteiger partial charge in [0.05, 0.1) is 6.61 Å². The van der Waals surface area contributed by atoms with Crippen molar-refractivity contribution < 1.29 is 4.43 Å². The molecule has 1 nitrogen and oxygen atoms in total. The Labute approximate surface area is 167 Å². The van der Waals surface area contributed by atoms with E-state index in [1.807, 2.05) is 4.08 Å². The van der Waals surface area contributed by atoms with E-state index < -0.39 is 8.32 Å². The first-order chi connectivity index (χ1) is 11.9. The summed E-state index contributed by atoms with van der Waals surface area (Å²) >= 11 is 2.25. The van der Waals surface area contributed by atoms with Crippen molar-refractivity contribution in [3.63, 3.8) is 0 Å². The molecule has 0 atom stereocenters. The zero-order valence-corrected chi connectivity index (χ0v) is 18.7. The van der Waals surface area contributed by atoms with Crippen LogP contribution < -0.4 is 10.4 Å². The number of hydrogen-bond acceptors (Lipinski definition) is 1. The standard InChI is InChI=1S/C22H27IOSi/c1-19(15-17-23)16-18-24-25(22(2,3)4,20-11-7-5-8-12-20)21-13-9-6-10-14-21/h5-17H,18H2,1-4H3/b17-15+,19-16+. The Kier molecular flexibility index (Phi) is 7.22. The summed E-state index contributed by atoms with van der Waals surface area (Å²) in [7, 11) is -2.41. The molecule has 0 aromatic heterocycles. The van der Waals surface area contributed by atoms with Crippen molar-refractivity contribution in [2.45, 2.75) is 32.7 Å². The highest BCUT2D eigenvalue weighted by atomic mass is 127. The molecule has 0 bridgehead atoms. The van der Waals surface area contributed by atoms with Crippen molar-refractivity contribution >= 4 is 41.3 Å². The second-order valence-corrected chi connectivity index (χ2v) is 12.2. The van der Waals surface area contributed by atoms with E-state index in [1.54, 1.807) is 0 Å². The third-order valence-electron chi connectivity index (χ3n) is 4.45. The van der Waals surface area contributed by atoms with Gasteiger partial charge in [0.1, 0.15) is 0 Å². The predicted molar refractivity (Wildman–Crippen MR) is 120 cm³/mol. The minimum atomic E-state index is -2.41. The third kappa shape index (κ3) is 4.71. The highest BCUT2D eigenvalue weighted by Crippen LogP contribution is 2.36. The van der Waals surface area contributed by atoms with E-state index in [-0.39, 0.29) is 5.04 Å². The number of rotatable bonds is 6. The smallest absolute Gasteiger partial charge is 0.261 e. The molecule has 2 aromatic carbocycles. The zero-order valence-electron chi connectivity index (χ0n) is 15.5. The average molecular weight is 462 g/mol. The third-order valence-corrected chi connectivity index (χ3v) is 9.81. The fourth-order valence-electron chi connectivity index (χ4n) is 3.23. The van der Waals surface area contributed by atoms with Crippen molar-refractivity contribution in [2.75, 3.05) is 6.61 Å². The maximum Gasteiger partial charge on any atom is 0.261 e. The van der Waals surface area contributed by atoms with Crippen molar-refractivity contribution in [1.29, 1.82) is 0 Å². The van der Waals surface area contributed by atoms with Gasteiger partial charge in [-0.3, -0.25) is 0 Å². The lowest BCUT2D eigenvalue weighted by atomic mass is 10.2. The molecule has 0 aliphatic rings. The van der Waals surface area contributed by atoms with Gasteiger partial charge in [-0.05, 0) is 26.4 Å². The summed E-state index contributed by atoms with van der Waals surface area (Å²) in [6.07, 6.45) is 4.28. The van der Waals surface area contributed by atoms with Crippen molar-refractivity contribution in [3.05, 3.63) is 82.5 Å². The van der Waals surface area contributed by atoms with Crippen LogP contribution in [-0.4, -0.2) is 14.9 Å². The first-order valence-corrected chi connectivity index (χ1v) is 11.8. The molecule has 0 heterocycles. The van der Waals surface area contributed by atoms with E-state index in [1.165, 1.54) is 15.9 Å². The van der Waals surface area contributed by atoms with Gasteiger partial charge in [-0.2, -0.15) is 0 Å². The second kappa shape index (κ2) is 8.97. The Morgan fingerprint density at radius 1 is 0.960 bits per heavy atom. The quantitative estimate of drug-likeness (QED) is 0.315. The van der Waals surface area contributed by atoms with Gasteiger partial charge in [-0.25, -0.2) is 0 Å². The summed E-state index contributed by atoms with van der Waals surface area (Å²) in [6.45, 7) is 9.66. The predicted octanol–water partition coefficient (Wildman–Crippen LogP) is 5.46. The minimum absolute atomic E-state index is 0.0244. The molecular formula is C22H27IOSi. The summed E-state index contributed by atoms with van der Waals surface area (Å²) in [4.78, 5) is 0. The first kappa shape index (κ1) is 20.1. The largest absolute Gasteiger partial charge is 0.404 e. The maximum atomic E-state index is 6.81. The molecule has 0 spiro atoms.